The van der Waals surface area contributed by atoms with Crippen LogP contribution in [0.3, 0.4) is 0 Å². The molecule has 0 fully saturated rings. The highest BCUT2D eigenvalue weighted by Crippen LogP contribution is 2.24. The zero-order valence-corrected chi connectivity index (χ0v) is 25.5. The second kappa shape index (κ2) is 13.5. The summed E-state index contributed by atoms with van der Waals surface area (Å²) in [5.41, 5.74) is 7.44. The molecule has 226 valence electrons. The predicted molar refractivity (Wildman–Crippen MR) is 173 cm³/mol. The number of rotatable bonds is 9. The van der Waals surface area contributed by atoms with Gasteiger partial charge in [0.1, 0.15) is 11.8 Å². The highest BCUT2D eigenvalue weighted by Gasteiger charge is 2.34. The predicted octanol–water partition coefficient (Wildman–Crippen LogP) is 5.99. The first kappa shape index (κ1) is 29.7. The topological polar surface area (TPSA) is 92.4 Å². The molecule has 0 saturated carbocycles. The Hall–Kier alpha value is -5.37. The van der Waals surface area contributed by atoms with Crippen molar-refractivity contribution in [2.24, 2.45) is 0 Å². The number of fused-ring (bicyclic) bond motifs is 1. The number of hydrogen-bond acceptors (Lipinski definition) is 6. The van der Waals surface area contributed by atoms with Crippen LogP contribution in [0.4, 0.5) is 0 Å². The minimum atomic E-state index is -0.723. The largest absolute Gasteiger partial charge is 0.361 e. The lowest BCUT2D eigenvalue weighted by Gasteiger charge is -2.37. The van der Waals surface area contributed by atoms with Gasteiger partial charge in [-0.2, -0.15) is 10.2 Å². The van der Waals surface area contributed by atoms with Crippen LogP contribution in [-0.2, 0) is 35.5 Å². The van der Waals surface area contributed by atoms with Gasteiger partial charge in [-0.05, 0) is 60.7 Å². The van der Waals surface area contributed by atoms with Crippen LogP contribution in [0.25, 0.3) is 17.3 Å². The first-order chi connectivity index (χ1) is 22.0. The third-order valence-electron chi connectivity index (χ3n) is 8.31. The Balaban J connectivity index is 1.35. The maximum atomic E-state index is 14.5. The van der Waals surface area contributed by atoms with Gasteiger partial charge in [0.2, 0.25) is 11.8 Å². The highest BCUT2D eigenvalue weighted by atomic mass is 16.5. The SMILES string of the molecule is Cc1noc(C)c1/C=C/C(=O)N(Cc1ccc(-c2cccnn2)cc1)[C@@H](Cc1ccccc1)C(=O)N1CCc2ccccc2C1. The fraction of sp³-hybridized carbons (Fsp3) is 0.216. The number of carbonyl (C=O) groups is 2. The Morgan fingerprint density at radius 2 is 1.67 bits per heavy atom. The molecule has 45 heavy (non-hydrogen) atoms. The monoisotopic (exact) mass is 597 g/mol. The zero-order valence-electron chi connectivity index (χ0n) is 25.5. The third kappa shape index (κ3) is 6.91. The third-order valence-corrected chi connectivity index (χ3v) is 8.31. The molecule has 8 nitrogen and oxygen atoms in total. The lowest BCUT2D eigenvalue weighted by Crippen LogP contribution is -2.52. The lowest BCUT2D eigenvalue weighted by atomic mass is 9.97. The van der Waals surface area contributed by atoms with Crippen LogP contribution < -0.4 is 0 Å². The molecule has 0 bridgehead atoms. The van der Waals surface area contributed by atoms with E-state index in [0.29, 0.717) is 31.0 Å². The maximum Gasteiger partial charge on any atom is 0.247 e. The fourth-order valence-corrected chi connectivity index (χ4v) is 5.82. The van der Waals surface area contributed by atoms with Gasteiger partial charge in [-0.1, -0.05) is 84.0 Å². The molecule has 2 aromatic heterocycles. The quantitative estimate of drug-likeness (QED) is 0.194. The van der Waals surface area contributed by atoms with Crippen molar-refractivity contribution in [2.75, 3.05) is 6.54 Å². The van der Waals surface area contributed by atoms with Crippen molar-refractivity contribution in [3.05, 3.63) is 143 Å². The second-order valence-corrected chi connectivity index (χ2v) is 11.3. The molecule has 0 N–H and O–H groups in total. The van der Waals surface area contributed by atoms with E-state index >= 15 is 0 Å². The summed E-state index contributed by atoms with van der Waals surface area (Å²) in [6, 6.07) is 29.1. The van der Waals surface area contributed by atoms with E-state index in [9.17, 15) is 9.59 Å². The van der Waals surface area contributed by atoms with E-state index in [0.717, 1.165) is 39.9 Å². The van der Waals surface area contributed by atoms with E-state index < -0.39 is 6.04 Å². The smallest absolute Gasteiger partial charge is 0.247 e. The summed E-state index contributed by atoms with van der Waals surface area (Å²) < 4.78 is 5.31. The first-order valence-electron chi connectivity index (χ1n) is 15.1. The molecule has 1 atom stereocenters. The fourth-order valence-electron chi connectivity index (χ4n) is 5.82. The molecule has 5 aromatic rings. The molecule has 1 aliphatic heterocycles. The lowest BCUT2D eigenvalue weighted by molar-refractivity contribution is -0.144. The summed E-state index contributed by atoms with van der Waals surface area (Å²) in [6.07, 6.45) is 6.07. The molecule has 1 aliphatic rings. The van der Waals surface area contributed by atoms with Crippen LogP contribution in [0.15, 0.2) is 108 Å². The van der Waals surface area contributed by atoms with Crippen LogP contribution in [-0.4, -0.2) is 49.6 Å². The summed E-state index contributed by atoms with van der Waals surface area (Å²) >= 11 is 0. The van der Waals surface area contributed by atoms with Crippen molar-refractivity contribution < 1.29 is 14.1 Å². The average molecular weight is 598 g/mol. The molecule has 3 aromatic carbocycles. The van der Waals surface area contributed by atoms with E-state index in [-0.39, 0.29) is 18.4 Å². The van der Waals surface area contributed by atoms with Crippen LogP contribution in [0.1, 0.15) is 39.3 Å². The summed E-state index contributed by atoms with van der Waals surface area (Å²) in [4.78, 5) is 32.3. The number of aromatic nitrogens is 3. The number of hydrogen-bond donors (Lipinski definition) is 0. The molecule has 0 saturated heterocycles. The van der Waals surface area contributed by atoms with Crippen LogP contribution in [0, 0.1) is 13.8 Å². The van der Waals surface area contributed by atoms with Gasteiger partial charge in [-0.25, -0.2) is 0 Å². The van der Waals surface area contributed by atoms with Gasteiger partial charge in [-0.3, -0.25) is 9.59 Å². The minimum Gasteiger partial charge on any atom is -0.361 e. The van der Waals surface area contributed by atoms with Gasteiger partial charge < -0.3 is 14.3 Å². The van der Waals surface area contributed by atoms with Crippen LogP contribution in [0.5, 0.6) is 0 Å². The van der Waals surface area contributed by atoms with Crippen LogP contribution >= 0.6 is 0 Å². The summed E-state index contributed by atoms with van der Waals surface area (Å²) in [6.45, 7) is 5.03. The summed E-state index contributed by atoms with van der Waals surface area (Å²) in [7, 11) is 0. The molecule has 2 amide bonds. The molecule has 0 spiro atoms. The molecule has 0 unspecified atom stereocenters. The number of carbonyl (C=O) groups excluding carboxylic acids is 2. The van der Waals surface area contributed by atoms with Crippen molar-refractivity contribution >= 4 is 17.9 Å². The number of nitrogens with zero attached hydrogens (tertiary/aromatic N) is 5. The molecule has 3 heterocycles. The van der Waals surface area contributed by atoms with E-state index in [4.69, 9.17) is 4.52 Å². The minimum absolute atomic E-state index is 0.0661. The molecular weight excluding hydrogens is 562 g/mol. The van der Waals surface area contributed by atoms with Gasteiger partial charge in [0, 0.05) is 49.5 Å². The highest BCUT2D eigenvalue weighted by molar-refractivity contribution is 5.96. The Morgan fingerprint density at radius 1 is 0.911 bits per heavy atom. The Bertz CT molecular complexity index is 1780. The van der Waals surface area contributed by atoms with Crippen LogP contribution in [0.2, 0.25) is 0 Å². The molecule has 0 aliphatic carbocycles. The number of amides is 2. The van der Waals surface area contributed by atoms with Gasteiger partial charge in [0.15, 0.2) is 0 Å². The van der Waals surface area contributed by atoms with Gasteiger partial charge >= 0.3 is 0 Å². The van der Waals surface area contributed by atoms with Crippen molar-refractivity contribution in [1.29, 1.82) is 0 Å². The Kier molecular flexibility index (Phi) is 8.91. The van der Waals surface area contributed by atoms with Crippen molar-refractivity contribution in [1.82, 2.24) is 25.2 Å². The number of aryl methyl sites for hydroxylation is 2. The van der Waals surface area contributed by atoms with Gasteiger partial charge in [0.25, 0.3) is 0 Å². The van der Waals surface area contributed by atoms with Crippen molar-refractivity contribution in [2.45, 2.75) is 45.8 Å². The normalized spacial score (nSPS) is 13.4. The molecule has 0 radical (unpaired) electrons. The van der Waals surface area contributed by atoms with Crippen molar-refractivity contribution in [3.63, 3.8) is 0 Å². The standard InChI is InChI=1S/C37H35N5O3/c1-26-33(27(2)45-40-26)18-19-36(43)42(24-29-14-16-31(17-15-29)34-13-8-21-38-39-34)35(23-28-9-4-3-5-10-28)37(44)41-22-20-30-11-6-7-12-32(30)25-41/h3-19,21,35H,20,22-25H2,1-2H3/b19-18+/t35-/m0/s1. The maximum absolute atomic E-state index is 14.5. The second-order valence-electron chi connectivity index (χ2n) is 11.3. The van der Waals surface area contributed by atoms with E-state index in [1.807, 2.05) is 97.6 Å². The molecule has 8 heteroatoms. The summed E-state index contributed by atoms with van der Waals surface area (Å²) in [5, 5.41) is 12.2. The van der Waals surface area contributed by atoms with Gasteiger partial charge in [-0.15, -0.1) is 0 Å². The average Bonchev–Trinajstić information content (AvgIpc) is 3.41. The Morgan fingerprint density at radius 3 is 2.38 bits per heavy atom. The Labute approximate surface area is 263 Å². The van der Waals surface area contributed by atoms with E-state index in [1.54, 1.807) is 17.2 Å². The molecule has 6 rings (SSSR count). The van der Waals surface area contributed by atoms with Crippen molar-refractivity contribution in [3.8, 4) is 11.3 Å². The number of benzene rings is 3. The zero-order chi connectivity index (χ0) is 31.2. The first-order valence-corrected chi connectivity index (χ1v) is 15.1. The van der Waals surface area contributed by atoms with E-state index in [2.05, 4.69) is 27.5 Å². The van der Waals surface area contributed by atoms with Gasteiger partial charge in [0.05, 0.1) is 11.4 Å². The molecular formula is C37H35N5O3. The summed E-state index contributed by atoms with van der Waals surface area (Å²) in [5.74, 6) is 0.301. The van der Waals surface area contributed by atoms with E-state index in [1.165, 1.54) is 11.6 Å².